The molecule has 1 aromatic carbocycles. The van der Waals surface area contributed by atoms with Crippen molar-refractivity contribution in [1.82, 2.24) is 9.78 Å². The molecule has 0 bridgehead atoms. The highest BCUT2D eigenvalue weighted by Gasteiger charge is 2.23. The number of aromatic nitrogens is 2. The molecule has 24 heavy (non-hydrogen) atoms. The van der Waals surface area contributed by atoms with Gasteiger partial charge in [0, 0.05) is 15.5 Å². The Balaban J connectivity index is 2.24. The van der Waals surface area contributed by atoms with E-state index < -0.39 is 6.16 Å². The van der Waals surface area contributed by atoms with Crippen LogP contribution >= 0.6 is 22.9 Å². The number of hydrogen-bond acceptors (Lipinski definition) is 4. The topological polar surface area (TPSA) is 64.3 Å². The molecule has 7 heteroatoms. The summed E-state index contributed by atoms with van der Waals surface area (Å²) in [7, 11) is 0. The second-order valence-corrected chi connectivity index (χ2v) is 6.88. The molecule has 3 aromatic rings. The van der Waals surface area contributed by atoms with E-state index in [0.717, 1.165) is 26.7 Å². The summed E-state index contributed by atoms with van der Waals surface area (Å²) in [6.07, 6.45) is -0.776. The third-order valence-electron chi connectivity index (χ3n) is 3.53. The minimum absolute atomic E-state index is 0.112. The first kappa shape index (κ1) is 16.5. The lowest BCUT2D eigenvalue weighted by atomic mass is 10.1. The Bertz CT molecular complexity index is 884. The van der Waals surface area contributed by atoms with Crippen molar-refractivity contribution < 1.29 is 14.6 Å². The second-order valence-electron chi connectivity index (χ2n) is 5.15. The van der Waals surface area contributed by atoms with Gasteiger partial charge in [0.1, 0.15) is 0 Å². The zero-order valence-electron chi connectivity index (χ0n) is 13.1. The summed E-state index contributed by atoms with van der Waals surface area (Å²) in [6.45, 7) is 3.97. The largest absolute Gasteiger partial charge is 0.512 e. The normalized spacial score (nSPS) is 10.8. The van der Waals surface area contributed by atoms with Gasteiger partial charge in [0.05, 0.1) is 16.3 Å². The minimum Gasteiger partial charge on any atom is -0.449 e. The molecule has 0 aliphatic heterocycles. The van der Waals surface area contributed by atoms with Crippen LogP contribution in [0.4, 0.5) is 4.79 Å². The maximum atomic E-state index is 11.0. The van der Waals surface area contributed by atoms with Gasteiger partial charge in [-0.1, -0.05) is 18.5 Å². The number of ether oxygens (including phenoxy) is 1. The highest BCUT2D eigenvalue weighted by Crippen LogP contribution is 2.37. The summed E-state index contributed by atoms with van der Waals surface area (Å²) in [6, 6.07) is 11.2. The molecule has 124 valence electrons. The van der Waals surface area contributed by atoms with Crippen molar-refractivity contribution in [2.75, 3.05) is 0 Å². The van der Waals surface area contributed by atoms with Crippen LogP contribution in [-0.4, -0.2) is 21.0 Å². The van der Waals surface area contributed by atoms with Crippen LogP contribution < -0.4 is 4.74 Å². The van der Waals surface area contributed by atoms with Crippen molar-refractivity contribution in [2.45, 2.75) is 20.3 Å². The van der Waals surface area contributed by atoms with Gasteiger partial charge in [0.15, 0.2) is 0 Å². The molecule has 0 aliphatic rings. The van der Waals surface area contributed by atoms with E-state index in [1.54, 1.807) is 28.2 Å². The smallest absolute Gasteiger partial charge is 0.449 e. The van der Waals surface area contributed by atoms with E-state index in [-0.39, 0.29) is 5.88 Å². The lowest BCUT2D eigenvalue weighted by molar-refractivity contribution is 0.142. The fraction of sp³-hybridized carbons (Fsp3) is 0.176. The third-order valence-corrected chi connectivity index (χ3v) is 4.79. The number of thiophene rings is 1. The number of carbonyl (C=O) groups is 1. The van der Waals surface area contributed by atoms with Crippen molar-refractivity contribution in [2.24, 2.45) is 0 Å². The first-order valence-electron chi connectivity index (χ1n) is 7.35. The van der Waals surface area contributed by atoms with Gasteiger partial charge < -0.3 is 9.84 Å². The molecule has 1 N–H and O–H groups in total. The Morgan fingerprint density at radius 1 is 1.29 bits per heavy atom. The molecule has 0 atom stereocenters. The van der Waals surface area contributed by atoms with Crippen molar-refractivity contribution in [3.63, 3.8) is 0 Å². The van der Waals surface area contributed by atoms with Crippen LogP contribution in [0.2, 0.25) is 5.02 Å². The van der Waals surface area contributed by atoms with Gasteiger partial charge in [-0.3, -0.25) is 0 Å². The summed E-state index contributed by atoms with van der Waals surface area (Å²) < 4.78 is 6.60. The maximum Gasteiger partial charge on any atom is 0.512 e. The number of rotatable bonds is 4. The molecule has 5 nitrogen and oxygen atoms in total. The summed E-state index contributed by atoms with van der Waals surface area (Å²) >= 11 is 7.59. The first-order chi connectivity index (χ1) is 11.5. The van der Waals surface area contributed by atoms with Crippen LogP contribution in [0.25, 0.3) is 16.3 Å². The zero-order valence-corrected chi connectivity index (χ0v) is 14.7. The Labute approximate surface area is 148 Å². The average molecular weight is 363 g/mol. The van der Waals surface area contributed by atoms with Crippen molar-refractivity contribution in [3.8, 4) is 22.1 Å². The summed E-state index contributed by atoms with van der Waals surface area (Å²) in [5, 5.41) is 14.0. The van der Waals surface area contributed by atoms with Gasteiger partial charge in [0.25, 0.3) is 0 Å². The third kappa shape index (κ3) is 3.16. The van der Waals surface area contributed by atoms with Crippen LogP contribution in [0.1, 0.15) is 17.4 Å². The molecule has 2 aromatic heterocycles. The fourth-order valence-corrected chi connectivity index (χ4v) is 3.55. The summed E-state index contributed by atoms with van der Waals surface area (Å²) in [4.78, 5) is 13.2. The Morgan fingerprint density at radius 3 is 2.54 bits per heavy atom. The molecular weight excluding hydrogens is 348 g/mol. The van der Waals surface area contributed by atoms with Crippen molar-refractivity contribution >= 4 is 29.1 Å². The monoisotopic (exact) mass is 362 g/mol. The molecule has 0 radical (unpaired) electrons. The van der Waals surface area contributed by atoms with Crippen molar-refractivity contribution in [1.29, 1.82) is 0 Å². The molecule has 3 rings (SSSR count). The fourth-order valence-electron chi connectivity index (χ4n) is 2.50. The van der Waals surface area contributed by atoms with Gasteiger partial charge in [-0.25, -0.2) is 9.48 Å². The van der Waals surface area contributed by atoms with Crippen LogP contribution in [0, 0.1) is 6.92 Å². The van der Waals surface area contributed by atoms with E-state index in [4.69, 9.17) is 21.4 Å². The Hall–Kier alpha value is -2.31. The number of aryl methyl sites for hydroxylation is 1. The van der Waals surface area contributed by atoms with Crippen molar-refractivity contribution in [3.05, 3.63) is 51.9 Å². The van der Waals surface area contributed by atoms with Gasteiger partial charge in [0.2, 0.25) is 5.88 Å². The summed E-state index contributed by atoms with van der Waals surface area (Å²) in [5.74, 6) is 0.112. The highest BCUT2D eigenvalue weighted by molar-refractivity contribution is 7.15. The maximum absolute atomic E-state index is 11.0. The molecule has 2 heterocycles. The second kappa shape index (κ2) is 6.67. The van der Waals surface area contributed by atoms with E-state index in [2.05, 4.69) is 5.10 Å². The average Bonchev–Trinajstić information content (AvgIpc) is 3.10. The quantitative estimate of drug-likeness (QED) is 0.649. The molecule has 0 saturated heterocycles. The van der Waals surface area contributed by atoms with Gasteiger partial charge in [-0.05, 0) is 49.7 Å². The van der Waals surface area contributed by atoms with Gasteiger partial charge >= 0.3 is 6.16 Å². The number of benzene rings is 1. The van der Waals surface area contributed by atoms with Crippen LogP contribution in [0.3, 0.4) is 0 Å². The Morgan fingerprint density at radius 2 is 2.00 bits per heavy atom. The Kier molecular flexibility index (Phi) is 4.59. The molecule has 0 amide bonds. The number of carboxylic acid groups (broad SMARTS) is 1. The molecule has 0 saturated carbocycles. The van der Waals surface area contributed by atoms with E-state index in [9.17, 15) is 4.79 Å². The standard InChI is InChI=1S/C17H15ClN2O3S/c1-3-13-15(14-9-4-10(2)24-14)20(19-16(13)23-17(21)22)12-7-5-11(18)6-8-12/h4-9H,3H2,1-2H3,(H,21,22). The first-order valence-corrected chi connectivity index (χ1v) is 8.54. The van der Waals surface area contributed by atoms with Gasteiger partial charge in [-0.15, -0.1) is 16.4 Å². The lowest BCUT2D eigenvalue weighted by Crippen LogP contribution is -2.05. The van der Waals surface area contributed by atoms with E-state index in [1.807, 2.05) is 38.1 Å². The zero-order chi connectivity index (χ0) is 17.3. The van der Waals surface area contributed by atoms with Crippen LogP contribution in [0.15, 0.2) is 36.4 Å². The predicted octanol–water partition coefficient (Wildman–Crippen LogP) is 5.18. The number of nitrogens with zero attached hydrogens (tertiary/aromatic N) is 2. The lowest BCUT2D eigenvalue weighted by Gasteiger charge is -2.07. The SMILES string of the molecule is CCc1c(OC(=O)O)nn(-c2ccc(Cl)cc2)c1-c1ccc(C)s1. The highest BCUT2D eigenvalue weighted by atomic mass is 35.5. The number of halogens is 1. The van der Waals surface area contributed by atoms with E-state index >= 15 is 0 Å². The molecule has 0 aliphatic carbocycles. The van der Waals surface area contributed by atoms with Crippen LogP contribution in [-0.2, 0) is 6.42 Å². The molecule has 0 fully saturated rings. The van der Waals surface area contributed by atoms with E-state index in [1.165, 1.54) is 0 Å². The predicted molar refractivity (Wildman–Crippen MR) is 94.7 cm³/mol. The van der Waals surface area contributed by atoms with E-state index in [0.29, 0.717) is 11.4 Å². The molecular formula is C17H15ClN2O3S. The van der Waals surface area contributed by atoms with Gasteiger partial charge in [-0.2, -0.15) is 0 Å². The molecule has 0 spiro atoms. The van der Waals surface area contributed by atoms with Crippen LogP contribution in [0.5, 0.6) is 5.88 Å². The number of hydrogen-bond donors (Lipinski definition) is 1. The minimum atomic E-state index is -1.38. The summed E-state index contributed by atoms with van der Waals surface area (Å²) in [5.41, 5.74) is 2.39. The molecule has 0 unspecified atom stereocenters.